The fraction of sp³-hybridized carbons (Fsp3) is 0.652. The fourth-order valence-corrected chi connectivity index (χ4v) is 7.50. The number of carbonyl (C=O) groups is 2. The molecule has 1 aliphatic heterocycles. The Labute approximate surface area is 172 Å². The maximum atomic E-state index is 13.6. The Balaban J connectivity index is 1.26. The topological polar surface area (TPSA) is 40.6 Å². The Morgan fingerprint density at radius 3 is 2.11 bits per heavy atom. The van der Waals surface area contributed by atoms with Gasteiger partial charge in [-0.2, -0.15) is 0 Å². The second-order valence-corrected chi connectivity index (χ2v) is 10.6. The van der Waals surface area contributed by atoms with Gasteiger partial charge in [-0.1, -0.05) is 0 Å². The number of alkyl halides is 1. The van der Waals surface area contributed by atoms with Gasteiger partial charge in [0.15, 0.2) is 5.78 Å². The van der Waals surface area contributed by atoms with Crippen molar-refractivity contribution in [2.24, 2.45) is 17.3 Å². The average Bonchev–Trinajstić information content (AvgIpc) is 2.66. The minimum absolute atomic E-state index is 0.0922. The van der Waals surface area contributed by atoms with Crippen molar-refractivity contribution in [3.05, 3.63) is 29.8 Å². The zero-order chi connectivity index (χ0) is 19.5. The first-order valence-electron chi connectivity index (χ1n) is 10.7. The molecule has 4 nitrogen and oxygen atoms in total. The predicted molar refractivity (Wildman–Crippen MR) is 111 cm³/mol. The molecule has 0 N–H and O–H groups in total. The molecule has 0 radical (unpaired) electrons. The molecule has 4 aliphatic carbocycles. The summed E-state index contributed by atoms with van der Waals surface area (Å²) in [5.74, 6) is 1.78. The highest BCUT2D eigenvalue weighted by Gasteiger charge is 2.60. The maximum absolute atomic E-state index is 13.6. The lowest BCUT2D eigenvalue weighted by molar-refractivity contribution is -0.156. The third-order valence-corrected chi connectivity index (χ3v) is 8.09. The highest BCUT2D eigenvalue weighted by atomic mass is 35.5. The lowest BCUT2D eigenvalue weighted by Crippen LogP contribution is -2.61. The Morgan fingerprint density at radius 2 is 1.57 bits per heavy atom. The van der Waals surface area contributed by atoms with Gasteiger partial charge in [-0.15, -0.1) is 11.6 Å². The summed E-state index contributed by atoms with van der Waals surface area (Å²) in [4.78, 5) is 29.3. The summed E-state index contributed by atoms with van der Waals surface area (Å²) in [6.07, 6.45) is 6.52. The Morgan fingerprint density at radius 1 is 0.964 bits per heavy atom. The standard InChI is InChI=1S/C23H29ClN2O2/c1-16(27)19-2-4-20(5-3-19)25-6-8-26(9-7-25)21(28)22-11-17-10-18(12-22)14-23(24,13-17)15-22/h2-5,17-18H,6-15H2,1H3/t17-,18+,22?,23?. The quantitative estimate of drug-likeness (QED) is 0.566. The van der Waals surface area contributed by atoms with Crippen LogP contribution in [-0.4, -0.2) is 47.6 Å². The third-order valence-electron chi connectivity index (χ3n) is 7.65. The van der Waals surface area contributed by atoms with Gasteiger partial charge < -0.3 is 9.80 Å². The third kappa shape index (κ3) is 3.04. The van der Waals surface area contributed by atoms with Crippen LogP contribution in [0.3, 0.4) is 0 Å². The SMILES string of the molecule is CC(=O)c1ccc(N2CCN(C(=O)C34C[C@@H]5C[C@@H](CC(Cl)(C5)C3)C4)CC2)cc1. The summed E-state index contributed by atoms with van der Waals surface area (Å²) in [6.45, 7) is 4.84. The van der Waals surface area contributed by atoms with Gasteiger partial charge in [-0.05, 0) is 81.5 Å². The lowest BCUT2D eigenvalue weighted by Gasteiger charge is -2.60. The molecule has 0 spiro atoms. The number of benzene rings is 1. The molecule has 1 amide bonds. The summed E-state index contributed by atoms with van der Waals surface area (Å²) in [6, 6.07) is 7.82. The highest BCUT2D eigenvalue weighted by Crippen LogP contribution is 2.64. The van der Waals surface area contributed by atoms with E-state index in [4.69, 9.17) is 11.6 Å². The number of piperazine rings is 1. The molecule has 5 heteroatoms. The van der Waals surface area contributed by atoms with Crippen molar-refractivity contribution in [3.8, 4) is 0 Å². The van der Waals surface area contributed by atoms with Crippen LogP contribution in [0.4, 0.5) is 5.69 Å². The maximum Gasteiger partial charge on any atom is 0.228 e. The molecular formula is C23H29ClN2O2. The number of anilines is 1. The Bertz CT molecular complexity index is 783. The molecule has 28 heavy (non-hydrogen) atoms. The van der Waals surface area contributed by atoms with E-state index < -0.39 is 0 Å². The van der Waals surface area contributed by atoms with Gasteiger partial charge in [0.2, 0.25) is 5.91 Å². The number of Topliss-reactive ketones (excluding diaryl/α,β-unsaturated/α-hetero) is 1. The second-order valence-electron chi connectivity index (χ2n) is 9.77. The van der Waals surface area contributed by atoms with Crippen LogP contribution in [-0.2, 0) is 4.79 Å². The van der Waals surface area contributed by atoms with E-state index in [0.717, 1.165) is 69.5 Å². The van der Waals surface area contributed by atoms with Crippen LogP contribution in [0.15, 0.2) is 24.3 Å². The van der Waals surface area contributed by atoms with Gasteiger partial charge in [0, 0.05) is 42.3 Å². The van der Waals surface area contributed by atoms with Crippen molar-refractivity contribution in [1.82, 2.24) is 4.90 Å². The van der Waals surface area contributed by atoms with Crippen molar-refractivity contribution in [1.29, 1.82) is 0 Å². The summed E-state index contributed by atoms with van der Waals surface area (Å²) >= 11 is 6.94. The zero-order valence-electron chi connectivity index (χ0n) is 16.6. The van der Waals surface area contributed by atoms with Crippen LogP contribution in [0.1, 0.15) is 55.8 Å². The van der Waals surface area contributed by atoms with Crippen LogP contribution >= 0.6 is 11.6 Å². The average molecular weight is 401 g/mol. The van der Waals surface area contributed by atoms with Crippen LogP contribution in [0.5, 0.6) is 0 Å². The number of halogens is 1. The van der Waals surface area contributed by atoms with Crippen molar-refractivity contribution in [3.63, 3.8) is 0 Å². The number of carbonyl (C=O) groups excluding carboxylic acids is 2. The van der Waals surface area contributed by atoms with Gasteiger partial charge >= 0.3 is 0 Å². The summed E-state index contributed by atoms with van der Waals surface area (Å²) in [5.41, 5.74) is 1.69. The molecule has 150 valence electrons. The molecule has 2 unspecified atom stereocenters. The normalized spacial score (nSPS) is 36.6. The smallest absolute Gasteiger partial charge is 0.228 e. The van der Waals surface area contributed by atoms with E-state index in [1.807, 2.05) is 24.3 Å². The van der Waals surface area contributed by atoms with Crippen molar-refractivity contribution >= 4 is 29.0 Å². The first-order valence-corrected chi connectivity index (χ1v) is 11.1. The van der Waals surface area contributed by atoms with Crippen LogP contribution in [0.25, 0.3) is 0 Å². The van der Waals surface area contributed by atoms with Gasteiger partial charge in [0.25, 0.3) is 0 Å². The predicted octanol–water partition coefficient (Wildman–Crippen LogP) is 4.12. The zero-order valence-corrected chi connectivity index (χ0v) is 17.4. The van der Waals surface area contributed by atoms with Crippen molar-refractivity contribution in [2.75, 3.05) is 31.1 Å². The minimum atomic E-state index is -0.183. The largest absolute Gasteiger partial charge is 0.368 e. The summed E-state index contributed by atoms with van der Waals surface area (Å²) in [5, 5.41) is 0. The highest BCUT2D eigenvalue weighted by molar-refractivity contribution is 6.24. The number of rotatable bonds is 3. The number of hydrogen-bond donors (Lipinski definition) is 0. The van der Waals surface area contributed by atoms with Gasteiger partial charge in [0.1, 0.15) is 0 Å². The molecular weight excluding hydrogens is 372 g/mol. The minimum Gasteiger partial charge on any atom is -0.368 e. The number of nitrogens with zero attached hydrogens (tertiary/aromatic N) is 2. The Kier molecular flexibility index (Phi) is 4.28. The molecule has 4 saturated carbocycles. The first kappa shape index (κ1) is 18.5. The van der Waals surface area contributed by atoms with E-state index >= 15 is 0 Å². The van der Waals surface area contributed by atoms with Crippen molar-refractivity contribution < 1.29 is 9.59 Å². The van der Waals surface area contributed by atoms with E-state index in [9.17, 15) is 9.59 Å². The molecule has 6 rings (SSSR count). The van der Waals surface area contributed by atoms with E-state index in [1.54, 1.807) is 6.92 Å². The first-order chi connectivity index (χ1) is 13.4. The molecule has 4 atom stereocenters. The summed E-state index contributed by atoms with van der Waals surface area (Å²) < 4.78 is 0. The van der Waals surface area contributed by atoms with E-state index in [0.29, 0.717) is 17.7 Å². The number of hydrogen-bond acceptors (Lipinski definition) is 3. The van der Waals surface area contributed by atoms with Crippen LogP contribution in [0.2, 0.25) is 0 Å². The van der Waals surface area contributed by atoms with E-state index in [-0.39, 0.29) is 16.1 Å². The van der Waals surface area contributed by atoms with Crippen LogP contribution in [0, 0.1) is 17.3 Å². The number of ketones is 1. The molecule has 5 fully saturated rings. The molecule has 0 aromatic heterocycles. The molecule has 1 aromatic carbocycles. The Hall–Kier alpha value is -1.55. The van der Waals surface area contributed by atoms with Crippen LogP contribution < -0.4 is 4.90 Å². The van der Waals surface area contributed by atoms with Crippen molar-refractivity contribution in [2.45, 2.75) is 50.3 Å². The fourth-order valence-electron chi connectivity index (χ4n) is 6.81. The molecule has 1 heterocycles. The monoisotopic (exact) mass is 400 g/mol. The molecule has 1 aromatic rings. The number of amides is 1. The molecule has 4 bridgehead atoms. The van der Waals surface area contributed by atoms with Gasteiger partial charge in [-0.3, -0.25) is 9.59 Å². The van der Waals surface area contributed by atoms with E-state index in [1.165, 1.54) is 6.42 Å². The second kappa shape index (κ2) is 6.48. The van der Waals surface area contributed by atoms with Gasteiger partial charge in [0.05, 0.1) is 5.41 Å². The van der Waals surface area contributed by atoms with E-state index in [2.05, 4.69) is 9.80 Å². The molecule has 5 aliphatic rings. The lowest BCUT2D eigenvalue weighted by atomic mass is 9.49. The molecule has 1 saturated heterocycles. The van der Waals surface area contributed by atoms with Gasteiger partial charge in [-0.25, -0.2) is 0 Å². The summed E-state index contributed by atoms with van der Waals surface area (Å²) in [7, 11) is 0.